The monoisotopic (exact) mass is 287 g/mol. The molecule has 0 atom stereocenters. The Kier molecular flexibility index (Phi) is 4.75. The van der Waals surface area contributed by atoms with Crippen LogP contribution in [-0.4, -0.2) is 16.5 Å². The summed E-state index contributed by atoms with van der Waals surface area (Å²) in [6, 6.07) is 9.32. The maximum absolute atomic E-state index is 8.78. The van der Waals surface area contributed by atoms with Crippen molar-refractivity contribution >= 4 is 23.1 Å². The summed E-state index contributed by atoms with van der Waals surface area (Å²) in [4.78, 5) is 10.3. The molecule has 0 unspecified atom stereocenters. The van der Waals surface area contributed by atoms with Gasteiger partial charge in [0.2, 0.25) is 0 Å². The van der Waals surface area contributed by atoms with E-state index in [2.05, 4.69) is 16.0 Å². The van der Waals surface area contributed by atoms with Gasteiger partial charge in [0.1, 0.15) is 11.0 Å². The third-order valence-electron chi connectivity index (χ3n) is 2.72. The Morgan fingerprint density at radius 2 is 2.25 bits per heavy atom. The number of nitrogen functional groups attached to an aromatic ring is 1. The highest BCUT2D eigenvalue weighted by Crippen LogP contribution is 2.21. The lowest BCUT2D eigenvalue weighted by molar-refractivity contribution is 0.781. The molecular weight excluding hydrogens is 274 g/mol. The number of pyridine rings is 2. The first-order chi connectivity index (χ1) is 9.69. The van der Waals surface area contributed by atoms with E-state index in [4.69, 9.17) is 22.6 Å². The predicted octanol–water partition coefficient (Wildman–Crippen LogP) is 2.63. The van der Waals surface area contributed by atoms with Crippen LogP contribution in [0.15, 0.2) is 36.7 Å². The lowest BCUT2D eigenvalue weighted by Crippen LogP contribution is -2.25. The van der Waals surface area contributed by atoms with E-state index >= 15 is 0 Å². The maximum atomic E-state index is 8.78. The van der Waals surface area contributed by atoms with Crippen LogP contribution < -0.4 is 10.6 Å². The summed E-state index contributed by atoms with van der Waals surface area (Å²) in [5.74, 6) is 0.661. The largest absolute Gasteiger partial charge is 0.399 e. The Morgan fingerprint density at radius 3 is 2.90 bits per heavy atom. The lowest BCUT2D eigenvalue weighted by atomic mass is 10.2. The summed E-state index contributed by atoms with van der Waals surface area (Å²) in [6.45, 7) is 1.15. The molecule has 2 N–H and O–H groups in total. The molecule has 0 amide bonds. The Labute approximate surface area is 122 Å². The number of anilines is 2. The second-order valence-corrected chi connectivity index (χ2v) is 4.66. The Morgan fingerprint density at radius 1 is 1.40 bits per heavy atom. The second-order valence-electron chi connectivity index (χ2n) is 4.27. The van der Waals surface area contributed by atoms with Crippen molar-refractivity contribution in [2.24, 2.45) is 0 Å². The van der Waals surface area contributed by atoms with Crippen molar-refractivity contribution in [2.45, 2.75) is 13.0 Å². The molecule has 0 aliphatic rings. The molecule has 5 nitrogen and oxygen atoms in total. The van der Waals surface area contributed by atoms with E-state index in [0.717, 1.165) is 5.56 Å². The Balaban J connectivity index is 2.25. The van der Waals surface area contributed by atoms with Crippen molar-refractivity contribution in [1.82, 2.24) is 9.97 Å². The standard InChI is InChI=1S/C14H14ClN5/c15-13-7-12(17)8-14(19-13)20(6-2-4-16)10-11-3-1-5-18-9-11/h1,3,5,7-9H,2,6,10H2,(H2,17,19). The number of rotatable bonds is 5. The molecule has 0 radical (unpaired) electrons. The summed E-state index contributed by atoms with van der Waals surface area (Å²) < 4.78 is 0. The van der Waals surface area contributed by atoms with Crippen LogP contribution in [0.25, 0.3) is 0 Å². The summed E-state index contributed by atoms with van der Waals surface area (Å²) in [6.07, 6.45) is 3.90. The van der Waals surface area contributed by atoms with Gasteiger partial charge in [-0.15, -0.1) is 0 Å². The summed E-state index contributed by atoms with van der Waals surface area (Å²) in [5, 5.41) is 9.12. The predicted molar refractivity (Wildman–Crippen MR) is 79.2 cm³/mol. The van der Waals surface area contributed by atoms with Gasteiger partial charge in [0, 0.05) is 37.2 Å². The minimum Gasteiger partial charge on any atom is -0.399 e. The third-order valence-corrected chi connectivity index (χ3v) is 2.91. The van der Waals surface area contributed by atoms with Gasteiger partial charge in [0.15, 0.2) is 0 Å². The molecule has 102 valence electrons. The van der Waals surface area contributed by atoms with Crippen LogP contribution in [-0.2, 0) is 6.54 Å². The van der Waals surface area contributed by atoms with E-state index in [1.807, 2.05) is 17.0 Å². The number of halogens is 1. The fourth-order valence-electron chi connectivity index (χ4n) is 1.84. The van der Waals surface area contributed by atoms with Gasteiger partial charge in [-0.25, -0.2) is 4.98 Å². The van der Waals surface area contributed by atoms with Crippen molar-refractivity contribution in [3.8, 4) is 6.07 Å². The average Bonchev–Trinajstić information content (AvgIpc) is 2.43. The highest BCUT2D eigenvalue weighted by molar-refractivity contribution is 6.29. The summed E-state index contributed by atoms with van der Waals surface area (Å²) in [7, 11) is 0. The third kappa shape index (κ3) is 3.84. The average molecular weight is 288 g/mol. The molecule has 0 bridgehead atoms. The molecule has 0 fully saturated rings. The van der Waals surface area contributed by atoms with E-state index < -0.39 is 0 Å². The topological polar surface area (TPSA) is 78.8 Å². The van der Waals surface area contributed by atoms with E-state index in [-0.39, 0.29) is 0 Å². The Hall–Kier alpha value is -2.32. The second kappa shape index (κ2) is 6.73. The number of hydrogen-bond acceptors (Lipinski definition) is 5. The fourth-order valence-corrected chi connectivity index (χ4v) is 2.05. The van der Waals surface area contributed by atoms with Gasteiger partial charge in [0.05, 0.1) is 12.5 Å². The normalized spacial score (nSPS) is 10.0. The van der Waals surface area contributed by atoms with Gasteiger partial charge in [-0.05, 0) is 17.7 Å². The molecule has 6 heteroatoms. The molecule has 0 saturated heterocycles. The van der Waals surface area contributed by atoms with Crippen LogP contribution in [0, 0.1) is 11.3 Å². The van der Waals surface area contributed by atoms with E-state index in [9.17, 15) is 0 Å². The molecule has 0 aliphatic carbocycles. The highest BCUT2D eigenvalue weighted by atomic mass is 35.5. The first-order valence-electron chi connectivity index (χ1n) is 6.13. The van der Waals surface area contributed by atoms with Crippen LogP contribution in [0.5, 0.6) is 0 Å². The van der Waals surface area contributed by atoms with Gasteiger partial charge < -0.3 is 10.6 Å². The highest BCUT2D eigenvalue weighted by Gasteiger charge is 2.10. The van der Waals surface area contributed by atoms with Gasteiger partial charge in [0.25, 0.3) is 0 Å². The van der Waals surface area contributed by atoms with Crippen molar-refractivity contribution < 1.29 is 0 Å². The van der Waals surface area contributed by atoms with Gasteiger partial charge in [-0.3, -0.25) is 4.98 Å². The van der Waals surface area contributed by atoms with E-state index in [1.54, 1.807) is 24.5 Å². The van der Waals surface area contributed by atoms with Gasteiger partial charge in [-0.2, -0.15) is 5.26 Å². The maximum Gasteiger partial charge on any atom is 0.133 e. The van der Waals surface area contributed by atoms with Crippen LogP contribution in [0.1, 0.15) is 12.0 Å². The zero-order valence-corrected chi connectivity index (χ0v) is 11.6. The zero-order chi connectivity index (χ0) is 14.4. The van der Waals surface area contributed by atoms with E-state index in [1.165, 1.54) is 0 Å². The van der Waals surface area contributed by atoms with Crippen LogP contribution >= 0.6 is 11.6 Å². The van der Waals surface area contributed by atoms with Crippen LogP contribution in [0.2, 0.25) is 5.15 Å². The number of nitrogens with zero attached hydrogens (tertiary/aromatic N) is 4. The summed E-state index contributed by atoms with van der Waals surface area (Å²) >= 11 is 5.94. The van der Waals surface area contributed by atoms with Crippen molar-refractivity contribution in [2.75, 3.05) is 17.2 Å². The molecule has 2 aromatic heterocycles. The van der Waals surface area contributed by atoms with Crippen LogP contribution in [0.3, 0.4) is 0 Å². The Bertz CT molecular complexity index is 588. The molecule has 2 heterocycles. The zero-order valence-electron chi connectivity index (χ0n) is 10.8. The molecule has 2 aromatic rings. The van der Waals surface area contributed by atoms with E-state index in [0.29, 0.717) is 36.2 Å². The van der Waals surface area contributed by atoms with Gasteiger partial charge in [-0.1, -0.05) is 17.7 Å². The molecule has 0 aliphatic heterocycles. The number of nitrogens with two attached hydrogens (primary N) is 1. The van der Waals surface area contributed by atoms with Crippen molar-refractivity contribution in [3.63, 3.8) is 0 Å². The quantitative estimate of drug-likeness (QED) is 0.855. The number of nitriles is 1. The fraction of sp³-hybridized carbons (Fsp3) is 0.214. The van der Waals surface area contributed by atoms with Gasteiger partial charge >= 0.3 is 0 Å². The molecule has 0 spiro atoms. The molecule has 2 rings (SSSR count). The SMILES string of the molecule is N#CCCN(Cc1cccnc1)c1cc(N)cc(Cl)n1. The minimum atomic E-state index is 0.341. The molecule has 0 aromatic carbocycles. The lowest BCUT2D eigenvalue weighted by Gasteiger charge is -2.23. The molecular formula is C14H14ClN5. The number of hydrogen-bond donors (Lipinski definition) is 1. The van der Waals surface area contributed by atoms with Crippen molar-refractivity contribution in [1.29, 1.82) is 5.26 Å². The molecule has 0 saturated carbocycles. The summed E-state index contributed by atoms with van der Waals surface area (Å²) in [5.41, 5.74) is 7.37. The van der Waals surface area contributed by atoms with Crippen LogP contribution in [0.4, 0.5) is 11.5 Å². The molecule has 20 heavy (non-hydrogen) atoms. The first kappa shape index (κ1) is 14.1. The smallest absolute Gasteiger partial charge is 0.133 e. The minimum absolute atomic E-state index is 0.341. The number of aromatic nitrogens is 2. The first-order valence-corrected chi connectivity index (χ1v) is 6.50. The van der Waals surface area contributed by atoms with Crippen molar-refractivity contribution in [3.05, 3.63) is 47.4 Å².